The Morgan fingerprint density at radius 1 is 0.926 bits per heavy atom. The van der Waals surface area contributed by atoms with Gasteiger partial charge in [-0.15, -0.1) is 0 Å². The molecule has 1 atom stereocenters. The molecule has 3 N–H and O–H groups in total. The Labute approximate surface area is 398 Å². The van der Waals surface area contributed by atoms with Gasteiger partial charge in [0.15, 0.2) is 24.0 Å². The van der Waals surface area contributed by atoms with E-state index < -0.39 is 17.8 Å². The van der Waals surface area contributed by atoms with Crippen molar-refractivity contribution in [2.75, 3.05) is 81.1 Å². The van der Waals surface area contributed by atoms with Crippen LogP contribution in [0.25, 0.3) is 10.9 Å². The summed E-state index contributed by atoms with van der Waals surface area (Å²) in [6, 6.07) is 10.6. The molecule has 10 rings (SSSR count). The van der Waals surface area contributed by atoms with Crippen LogP contribution in [-0.4, -0.2) is 149 Å². The minimum Gasteiger partial charge on any atom is -0.478 e. The van der Waals surface area contributed by atoms with Crippen molar-refractivity contribution < 1.29 is 33.0 Å². The molecule has 4 amide bonds. The van der Waals surface area contributed by atoms with Crippen LogP contribution in [-0.2, 0) is 25.7 Å². The lowest BCUT2D eigenvalue weighted by Gasteiger charge is -2.52. The Bertz CT molecular complexity index is 2690. The maximum absolute atomic E-state index is 15.9. The van der Waals surface area contributed by atoms with Crippen LogP contribution < -0.4 is 36.0 Å². The maximum atomic E-state index is 15.9. The largest absolute Gasteiger partial charge is 0.478 e. The zero-order valence-electron chi connectivity index (χ0n) is 38.5. The van der Waals surface area contributed by atoms with Crippen molar-refractivity contribution in [2.24, 2.45) is 0 Å². The van der Waals surface area contributed by atoms with Crippen LogP contribution in [0, 0.1) is 5.82 Å². The molecule has 5 aliphatic heterocycles. The minimum atomic E-state index is -0.772. The molecule has 18 nitrogen and oxygen atoms in total. The SMILES string of the molecule is CNC(=O)COc1cc2cc(Nc3nc(N4CCC(OC5CC(N6CCN(C7CN(c8ccc9c(c8F)CN([C@@H]8CCC(=O)NC8=O)C9=O)C7)CC6)C5)CC4)ncc3Cl)ccc2n(C(C)C)c1=O. The van der Waals surface area contributed by atoms with E-state index in [1.807, 2.05) is 36.9 Å². The molecule has 20 heteroatoms. The lowest BCUT2D eigenvalue weighted by atomic mass is 9.86. The number of amides is 4. The van der Waals surface area contributed by atoms with E-state index in [9.17, 15) is 24.0 Å². The van der Waals surface area contributed by atoms with Crippen LogP contribution in [0.3, 0.4) is 0 Å². The monoisotopic (exact) mass is 953 g/mol. The second-order valence-electron chi connectivity index (χ2n) is 19.0. The maximum Gasteiger partial charge on any atom is 0.293 e. The Hall–Kier alpha value is -5.89. The average Bonchev–Trinajstić information content (AvgIpc) is 3.64. The molecule has 2 aromatic heterocycles. The summed E-state index contributed by atoms with van der Waals surface area (Å²) in [4.78, 5) is 82.4. The highest BCUT2D eigenvalue weighted by Crippen LogP contribution is 2.37. The molecular weight excluding hydrogens is 897 g/mol. The smallest absolute Gasteiger partial charge is 0.293 e. The number of aromatic nitrogens is 3. The molecule has 0 unspecified atom stereocenters. The van der Waals surface area contributed by atoms with Crippen LogP contribution >= 0.6 is 11.6 Å². The number of halogens is 2. The topological polar surface area (TPSA) is 187 Å². The molecule has 6 aliphatic rings. The molecule has 68 heavy (non-hydrogen) atoms. The molecule has 360 valence electrons. The summed E-state index contributed by atoms with van der Waals surface area (Å²) in [6.07, 6.45) is 6.23. The Kier molecular flexibility index (Phi) is 12.7. The molecule has 4 aromatic rings. The number of fused-ring (bicyclic) bond motifs is 2. The van der Waals surface area contributed by atoms with Gasteiger partial charge in [0.05, 0.1) is 36.2 Å². The fourth-order valence-corrected chi connectivity index (χ4v) is 10.7. The summed E-state index contributed by atoms with van der Waals surface area (Å²) in [7, 11) is 1.51. The van der Waals surface area contributed by atoms with Gasteiger partial charge in [0.1, 0.15) is 11.1 Å². The van der Waals surface area contributed by atoms with Crippen LogP contribution in [0.15, 0.2) is 47.4 Å². The zero-order valence-corrected chi connectivity index (χ0v) is 39.3. The number of imide groups is 1. The predicted octanol–water partition coefficient (Wildman–Crippen LogP) is 3.82. The van der Waals surface area contributed by atoms with Gasteiger partial charge < -0.3 is 39.4 Å². The predicted molar refractivity (Wildman–Crippen MR) is 253 cm³/mol. The van der Waals surface area contributed by atoms with E-state index in [1.54, 1.807) is 29.0 Å². The number of rotatable bonds is 13. The summed E-state index contributed by atoms with van der Waals surface area (Å²) in [6.45, 7) is 10.5. The summed E-state index contributed by atoms with van der Waals surface area (Å²) in [5.74, 6) is -0.818. The fourth-order valence-electron chi connectivity index (χ4n) is 10.6. The van der Waals surface area contributed by atoms with Gasteiger partial charge >= 0.3 is 0 Å². The summed E-state index contributed by atoms with van der Waals surface area (Å²) < 4.78 is 29.8. The van der Waals surface area contributed by atoms with Gasteiger partial charge in [-0.1, -0.05) is 11.6 Å². The highest BCUT2D eigenvalue weighted by atomic mass is 35.5. The summed E-state index contributed by atoms with van der Waals surface area (Å²) in [5.41, 5.74) is 2.24. The number of hydrogen-bond donors (Lipinski definition) is 3. The minimum absolute atomic E-state index is 0.0246. The molecule has 0 radical (unpaired) electrons. The van der Waals surface area contributed by atoms with Crippen molar-refractivity contribution in [1.82, 2.24) is 39.9 Å². The number of likely N-dealkylation sites (N-methyl/N-ethyl adjacent to an activating group) is 1. The van der Waals surface area contributed by atoms with Crippen LogP contribution in [0.2, 0.25) is 5.02 Å². The first kappa shape index (κ1) is 45.9. The normalized spacial score (nSPS) is 22.9. The summed E-state index contributed by atoms with van der Waals surface area (Å²) in [5, 5.41) is 9.26. The molecular formula is C48H57ClFN11O7. The van der Waals surface area contributed by atoms with Gasteiger partial charge in [-0.25, -0.2) is 9.37 Å². The number of carbonyl (C=O) groups is 4. The molecule has 4 saturated heterocycles. The first-order valence-corrected chi connectivity index (χ1v) is 24.1. The third-order valence-corrected chi connectivity index (χ3v) is 14.8. The lowest BCUT2D eigenvalue weighted by Crippen LogP contribution is -2.65. The molecule has 5 fully saturated rings. The van der Waals surface area contributed by atoms with Gasteiger partial charge in [-0.05, 0) is 82.3 Å². The number of carbonyl (C=O) groups excluding carboxylic acids is 4. The lowest BCUT2D eigenvalue weighted by molar-refractivity contribution is -0.137. The molecule has 0 spiro atoms. The van der Waals surface area contributed by atoms with E-state index in [0.29, 0.717) is 45.8 Å². The number of nitrogens with zero attached hydrogens (tertiary/aromatic N) is 8. The van der Waals surface area contributed by atoms with E-state index in [-0.39, 0.29) is 78.8 Å². The van der Waals surface area contributed by atoms with Gasteiger partial charge in [0.2, 0.25) is 17.8 Å². The zero-order chi connectivity index (χ0) is 47.4. The number of piperazine rings is 1. The van der Waals surface area contributed by atoms with E-state index in [4.69, 9.17) is 26.1 Å². The molecule has 0 bridgehead atoms. The molecule has 1 aliphatic carbocycles. The first-order valence-electron chi connectivity index (χ1n) is 23.7. The first-order chi connectivity index (χ1) is 32.8. The Balaban J connectivity index is 0.662. The van der Waals surface area contributed by atoms with Crippen molar-refractivity contribution in [2.45, 2.75) is 95.3 Å². The van der Waals surface area contributed by atoms with Gasteiger partial charge in [-0.3, -0.25) is 39.1 Å². The fraction of sp³-hybridized carbons (Fsp3) is 0.521. The second kappa shape index (κ2) is 18.9. The van der Waals surface area contributed by atoms with Crippen LogP contribution in [0.5, 0.6) is 5.75 Å². The van der Waals surface area contributed by atoms with Crippen molar-refractivity contribution in [3.05, 3.63) is 74.9 Å². The second-order valence-corrected chi connectivity index (χ2v) is 19.4. The van der Waals surface area contributed by atoms with E-state index >= 15 is 4.39 Å². The standard InChI is InChI=1S/C48H57ClFN11O7/c1-27(2)61-37-6-4-29(18-28(37)19-40(47(61)66)67-26-42(63)51-3)53-44-36(49)22-52-48(55-44)58-12-10-32(11-13-58)68-33-20-30(21-33)56-14-16-57(17-15-56)31-23-59(24-31)38-7-5-34-35(43(38)50)25-60(46(34)65)39-8-9-41(62)54-45(39)64/h4-7,18-19,22,27,30-33,39H,8-17,20-21,23-26H2,1-3H3,(H,51,63)(H,52,53,55)(H,54,62,64)/t30?,33?,39-/m1/s1. The molecule has 7 heterocycles. The van der Waals surface area contributed by atoms with Gasteiger partial charge in [0, 0.05) is 106 Å². The van der Waals surface area contributed by atoms with Crippen molar-refractivity contribution in [3.63, 3.8) is 0 Å². The van der Waals surface area contributed by atoms with Crippen molar-refractivity contribution >= 4 is 69.3 Å². The van der Waals surface area contributed by atoms with E-state index in [2.05, 4.69) is 35.6 Å². The average molecular weight is 955 g/mol. The number of benzene rings is 2. The van der Waals surface area contributed by atoms with E-state index in [1.165, 1.54) is 11.9 Å². The van der Waals surface area contributed by atoms with Crippen molar-refractivity contribution in [3.8, 4) is 5.75 Å². The van der Waals surface area contributed by atoms with Gasteiger partial charge in [0.25, 0.3) is 17.4 Å². The Morgan fingerprint density at radius 2 is 1.66 bits per heavy atom. The van der Waals surface area contributed by atoms with Gasteiger partial charge in [-0.2, -0.15) is 4.98 Å². The number of pyridine rings is 1. The number of nitrogens with one attached hydrogen (secondary N) is 3. The number of hydrogen-bond acceptors (Lipinski definition) is 14. The number of piperidine rings is 2. The third kappa shape index (κ3) is 8.96. The highest BCUT2D eigenvalue weighted by molar-refractivity contribution is 6.33. The van der Waals surface area contributed by atoms with Crippen LogP contribution in [0.4, 0.5) is 27.5 Å². The molecule has 2 aromatic carbocycles. The summed E-state index contributed by atoms with van der Waals surface area (Å²) >= 11 is 6.61. The van der Waals surface area contributed by atoms with Crippen LogP contribution in [0.1, 0.15) is 74.3 Å². The van der Waals surface area contributed by atoms with Crippen molar-refractivity contribution in [1.29, 1.82) is 0 Å². The quantitative estimate of drug-likeness (QED) is 0.164. The highest BCUT2D eigenvalue weighted by Gasteiger charge is 2.43. The number of ether oxygens (including phenoxy) is 2. The molecule has 1 saturated carbocycles. The third-order valence-electron chi connectivity index (χ3n) is 14.5. The Morgan fingerprint density at radius 3 is 2.37 bits per heavy atom. The van der Waals surface area contributed by atoms with E-state index in [0.717, 1.165) is 88.9 Å². The number of anilines is 4.